The van der Waals surface area contributed by atoms with Crippen LogP contribution in [-0.2, 0) is 18.4 Å². The molecule has 2 aromatic heterocycles. The summed E-state index contributed by atoms with van der Waals surface area (Å²) in [5.74, 6) is 1.25. The lowest BCUT2D eigenvalue weighted by Gasteiger charge is -2.32. The Hall–Kier alpha value is -2.89. The lowest BCUT2D eigenvalue weighted by Crippen LogP contribution is -2.42. The van der Waals surface area contributed by atoms with Crippen molar-refractivity contribution >= 4 is 16.8 Å². The molecule has 0 spiro atoms. The molecular weight excluding hydrogens is 340 g/mol. The second-order valence-electron chi connectivity index (χ2n) is 7.34. The molecule has 0 saturated carbocycles. The first-order valence-electron chi connectivity index (χ1n) is 9.39. The van der Waals surface area contributed by atoms with Crippen LogP contribution in [0.5, 0.6) is 0 Å². The number of likely N-dealkylation sites (tertiary alicyclic amines) is 1. The zero-order chi connectivity index (χ0) is 19.0. The first-order chi connectivity index (χ1) is 13.0. The van der Waals surface area contributed by atoms with Crippen molar-refractivity contribution in [2.45, 2.75) is 32.2 Å². The van der Waals surface area contributed by atoms with Crippen LogP contribution < -0.4 is 5.56 Å². The second kappa shape index (κ2) is 7.02. The minimum Gasteiger partial charge on any atom is -0.340 e. The molecule has 3 heterocycles. The van der Waals surface area contributed by atoms with Gasteiger partial charge in [0.05, 0.1) is 5.52 Å². The highest BCUT2D eigenvalue weighted by Crippen LogP contribution is 2.25. The van der Waals surface area contributed by atoms with Gasteiger partial charge in [0.15, 0.2) is 0 Å². The van der Waals surface area contributed by atoms with Crippen molar-refractivity contribution in [3.8, 4) is 0 Å². The van der Waals surface area contributed by atoms with Gasteiger partial charge >= 0.3 is 0 Å². The van der Waals surface area contributed by atoms with Gasteiger partial charge in [-0.3, -0.25) is 14.2 Å². The van der Waals surface area contributed by atoms with Crippen LogP contribution in [-0.4, -0.2) is 38.0 Å². The van der Waals surface area contributed by atoms with Crippen molar-refractivity contribution in [3.63, 3.8) is 0 Å². The molecule has 6 nitrogen and oxygen atoms in total. The van der Waals surface area contributed by atoms with E-state index in [1.54, 1.807) is 16.8 Å². The number of para-hydroxylation sites is 1. The molecule has 1 aromatic carbocycles. The minimum atomic E-state index is -0.128. The maximum absolute atomic E-state index is 13.0. The molecule has 27 heavy (non-hydrogen) atoms. The Balaban J connectivity index is 1.59. The van der Waals surface area contributed by atoms with Crippen LogP contribution in [0.4, 0.5) is 0 Å². The maximum Gasteiger partial charge on any atom is 0.251 e. The highest BCUT2D eigenvalue weighted by atomic mass is 16.2. The second-order valence-corrected chi connectivity index (χ2v) is 7.34. The molecule has 1 aliphatic rings. The Labute approximate surface area is 158 Å². The highest BCUT2D eigenvalue weighted by Gasteiger charge is 2.27. The fraction of sp³-hybridized carbons (Fsp3) is 0.381. The molecular formula is C21H24N4O2. The average molecular weight is 364 g/mol. The van der Waals surface area contributed by atoms with Gasteiger partial charge in [0.25, 0.3) is 5.56 Å². The lowest BCUT2D eigenvalue weighted by atomic mass is 9.97. The van der Waals surface area contributed by atoms with Gasteiger partial charge < -0.3 is 9.47 Å². The quantitative estimate of drug-likeness (QED) is 0.717. The average Bonchev–Trinajstić information content (AvgIpc) is 3.11. The van der Waals surface area contributed by atoms with Crippen molar-refractivity contribution in [3.05, 3.63) is 64.5 Å². The summed E-state index contributed by atoms with van der Waals surface area (Å²) in [6.45, 7) is 3.39. The van der Waals surface area contributed by atoms with E-state index in [1.807, 2.05) is 53.9 Å². The molecule has 1 aliphatic heterocycles. The fourth-order valence-electron chi connectivity index (χ4n) is 4.09. The number of nitrogens with zero attached hydrogens (tertiary/aromatic N) is 4. The Bertz CT molecular complexity index is 1050. The topological polar surface area (TPSA) is 60.1 Å². The Morgan fingerprint density at radius 3 is 2.89 bits per heavy atom. The van der Waals surface area contributed by atoms with Crippen LogP contribution in [0.1, 0.15) is 30.1 Å². The van der Waals surface area contributed by atoms with Gasteiger partial charge in [-0.15, -0.1) is 0 Å². The molecule has 0 bridgehead atoms. The Kier molecular flexibility index (Phi) is 4.56. The third-order valence-electron chi connectivity index (χ3n) is 5.52. The van der Waals surface area contributed by atoms with E-state index in [4.69, 9.17) is 0 Å². The molecule has 1 fully saturated rings. The van der Waals surface area contributed by atoms with Crippen molar-refractivity contribution in [1.29, 1.82) is 0 Å². The Morgan fingerprint density at radius 2 is 2.11 bits per heavy atom. The van der Waals surface area contributed by atoms with Gasteiger partial charge in [-0.1, -0.05) is 18.2 Å². The number of rotatable bonds is 3. The number of pyridine rings is 1. The largest absolute Gasteiger partial charge is 0.340 e. The van der Waals surface area contributed by atoms with E-state index in [1.165, 1.54) is 0 Å². The SMILES string of the molecule is Cc1cc(=O)n(CC(=O)N2CCC[C@@H](c3nccn3C)C2)c2ccccc12. The van der Waals surface area contributed by atoms with Crippen LogP contribution >= 0.6 is 0 Å². The highest BCUT2D eigenvalue weighted by molar-refractivity contribution is 5.84. The molecule has 1 saturated heterocycles. The van der Waals surface area contributed by atoms with Crippen molar-refractivity contribution < 1.29 is 4.79 Å². The fourth-order valence-corrected chi connectivity index (χ4v) is 4.09. The van der Waals surface area contributed by atoms with E-state index in [0.717, 1.165) is 41.7 Å². The number of piperidine rings is 1. The number of hydrogen-bond donors (Lipinski definition) is 0. The summed E-state index contributed by atoms with van der Waals surface area (Å²) in [4.78, 5) is 31.9. The predicted molar refractivity (Wildman–Crippen MR) is 105 cm³/mol. The number of hydrogen-bond acceptors (Lipinski definition) is 3. The van der Waals surface area contributed by atoms with Crippen molar-refractivity contribution in [2.24, 2.45) is 7.05 Å². The zero-order valence-corrected chi connectivity index (χ0v) is 15.8. The molecule has 0 aliphatic carbocycles. The summed E-state index contributed by atoms with van der Waals surface area (Å²) in [7, 11) is 1.99. The number of aryl methyl sites for hydroxylation is 2. The van der Waals surface area contributed by atoms with Crippen molar-refractivity contribution in [2.75, 3.05) is 13.1 Å². The number of carbonyl (C=O) groups is 1. The van der Waals surface area contributed by atoms with E-state index < -0.39 is 0 Å². The Morgan fingerprint density at radius 1 is 1.30 bits per heavy atom. The standard InChI is InChI=1S/C21H24N4O2/c1-15-12-19(26)25(18-8-4-3-7-17(15)18)14-20(27)24-10-5-6-16(13-24)21-22-9-11-23(21)2/h3-4,7-9,11-12,16H,5-6,10,13-14H2,1-2H3/t16-/m1/s1. The first kappa shape index (κ1) is 17.5. The predicted octanol–water partition coefficient (Wildman–Crippen LogP) is 2.45. The molecule has 0 N–H and O–H groups in total. The van der Waals surface area contributed by atoms with Gasteiger partial charge in [-0.25, -0.2) is 4.98 Å². The molecule has 0 radical (unpaired) electrons. The molecule has 1 amide bonds. The van der Waals surface area contributed by atoms with Crippen molar-refractivity contribution in [1.82, 2.24) is 19.0 Å². The maximum atomic E-state index is 13.0. The van der Waals surface area contributed by atoms with E-state index in [-0.39, 0.29) is 23.9 Å². The van der Waals surface area contributed by atoms with Crippen LogP contribution in [0.3, 0.4) is 0 Å². The van der Waals surface area contributed by atoms with Gasteiger partial charge in [0, 0.05) is 49.9 Å². The van der Waals surface area contributed by atoms with Crippen LogP contribution in [0.15, 0.2) is 47.5 Å². The van der Waals surface area contributed by atoms with E-state index in [2.05, 4.69) is 4.98 Å². The third-order valence-corrected chi connectivity index (χ3v) is 5.52. The zero-order valence-electron chi connectivity index (χ0n) is 15.8. The number of aromatic nitrogens is 3. The van der Waals surface area contributed by atoms with Gasteiger partial charge in [-0.05, 0) is 31.4 Å². The molecule has 1 atom stereocenters. The molecule has 140 valence electrons. The first-order valence-corrected chi connectivity index (χ1v) is 9.39. The minimum absolute atomic E-state index is 0.00925. The number of fused-ring (bicyclic) bond motifs is 1. The van der Waals surface area contributed by atoms with Gasteiger partial charge in [0.1, 0.15) is 12.4 Å². The summed E-state index contributed by atoms with van der Waals surface area (Å²) in [6, 6.07) is 9.36. The number of imidazole rings is 1. The molecule has 3 aromatic rings. The summed E-state index contributed by atoms with van der Waals surface area (Å²) in [5, 5.41) is 1.01. The summed E-state index contributed by atoms with van der Waals surface area (Å²) < 4.78 is 3.62. The van der Waals surface area contributed by atoms with Gasteiger partial charge in [-0.2, -0.15) is 0 Å². The van der Waals surface area contributed by atoms with Crippen LogP contribution in [0.25, 0.3) is 10.9 Å². The number of benzene rings is 1. The third kappa shape index (κ3) is 3.27. The summed E-state index contributed by atoms with van der Waals surface area (Å²) >= 11 is 0. The molecule has 6 heteroatoms. The number of carbonyl (C=O) groups excluding carboxylic acids is 1. The summed E-state index contributed by atoms with van der Waals surface area (Å²) in [5.41, 5.74) is 1.62. The van der Waals surface area contributed by atoms with Crippen LogP contribution in [0.2, 0.25) is 0 Å². The monoisotopic (exact) mass is 364 g/mol. The molecule has 4 rings (SSSR count). The van der Waals surface area contributed by atoms with Crippen LogP contribution in [0, 0.1) is 6.92 Å². The smallest absolute Gasteiger partial charge is 0.251 e. The van der Waals surface area contributed by atoms with E-state index in [9.17, 15) is 9.59 Å². The number of amides is 1. The van der Waals surface area contributed by atoms with E-state index >= 15 is 0 Å². The molecule has 0 unspecified atom stereocenters. The van der Waals surface area contributed by atoms with Gasteiger partial charge in [0.2, 0.25) is 5.91 Å². The summed E-state index contributed by atoms with van der Waals surface area (Å²) in [6.07, 6.45) is 5.72. The normalized spacial score (nSPS) is 17.4. The lowest BCUT2D eigenvalue weighted by molar-refractivity contribution is -0.133. The van der Waals surface area contributed by atoms with E-state index in [0.29, 0.717) is 6.54 Å².